The molecule has 0 spiro atoms. The molecule has 1 aliphatic heterocycles. The van der Waals surface area contributed by atoms with Crippen LogP contribution in [-0.4, -0.2) is 63.6 Å². The van der Waals surface area contributed by atoms with Gasteiger partial charge in [-0.1, -0.05) is 6.07 Å². The normalized spacial score (nSPS) is 18.8. The Balaban J connectivity index is 2.00. The number of amides is 1. The molecule has 1 amide bonds. The Bertz CT molecular complexity index is 726. The largest absolute Gasteiger partial charge is 0.484 e. The maximum Gasteiger partial charge on any atom is 0.260 e. The first-order valence-corrected chi connectivity index (χ1v) is 9.39. The minimum atomic E-state index is -3.09. The summed E-state index contributed by atoms with van der Waals surface area (Å²) in [6, 6.07) is 8.18. The molecule has 8 heteroatoms. The Morgan fingerprint density at radius 2 is 2.25 bits per heavy atom. The quantitative estimate of drug-likeness (QED) is 0.713. The molecule has 1 heterocycles. The average Bonchev–Trinajstić information content (AvgIpc) is 2.93. The summed E-state index contributed by atoms with van der Waals surface area (Å²) < 4.78 is 33.8. The van der Waals surface area contributed by atoms with E-state index in [9.17, 15) is 13.2 Å². The van der Waals surface area contributed by atoms with Gasteiger partial charge in [-0.3, -0.25) is 4.79 Å². The molecule has 1 fully saturated rings. The van der Waals surface area contributed by atoms with Gasteiger partial charge < -0.3 is 14.4 Å². The van der Waals surface area contributed by atoms with Crippen LogP contribution >= 0.6 is 0 Å². The molecule has 0 radical (unpaired) electrons. The first-order chi connectivity index (χ1) is 11.4. The van der Waals surface area contributed by atoms with Crippen molar-refractivity contribution >= 4 is 15.7 Å². The van der Waals surface area contributed by atoms with Crippen molar-refractivity contribution in [1.82, 2.24) is 4.90 Å². The molecule has 1 aliphatic rings. The van der Waals surface area contributed by atoms with Crippen molar-refractivity contribution in [2.75, 3.05) is 38.4 Å². The van der Waals surface area contributed by atoms with E-state index < -0.39 is 9.84 Å². The third kappa shape index (κ3) is 4.94. The van der Waals surface area contributed by atoms with Crippen molar-refractivity contribution in [3.63, 3.8) is 0 Å². The zero-order valence-corrected chi connectivity index (χ0v) is 14.3. The first kappa shape index (κ1) is 18.2. The van der Waals surface area contributed by atoms with Gasteiger partial charge in [-0.05, 0) is 24.6 Å². The van der Waals surface area contributed by atoms with Crippen molar-refractivity contribution in [3.05, 3.63) is 29.8 Å². The molecule has 1 atom stereocenters. The highest BCUT2D eigenvalue weighted by Crippen LogP contribution is 2.19. The lowest BCUT2D eigenvalue weighted by atomic mass is 10.2. The standard InChI is InChI=1S/C16H20N2O5S/c1-22-7-6-18(14-5-8-24(20,21)12-14)16(19)11-23-15-4-2-3-13(9-15)10-17/h2-4,9,14H,5-8,11-12H2,1H3/t14-/m0/s1. The number of carbonyl (C=O) groups is 1. The van der Waals surface area contributed by atoms with Crippen molar-refractivity contribution in [2.24, 2.45) is 0 Å². The van der Waals surface area contributed by atoms with Gasteiger partial charge in [-0.2, -0.15) is 5.26 Å². The monoisotopic (exact) mass is 352 g/mol. The van der Waals surface area contributed by atoms with E-state index in [1.165, 1.54) is 12.0 Å². The van der Waals surface area contributed by atoms with E-state index in [4.69, 9.17) is 14.7 Å². The third-order valence-electron chi connectivity index (χ3n) is 3.83. The summed E-state index contributed by atoms with van der Waals surface area (Å²) in [4.78, 5) is 14.0. The van der Waals surface area contributed by atoms with Gasteiger partial charge in [0.25, 0.3) is 5.91 Å². The number of hydrogen-bond acceptors (Lipinski definition) is 6. The topological polar surface area (TPSA) is 96.7 Å². The fourth-order valence-corrected chi connectivity index (χ4v) is 4.34. The smallest absolute Gasteiger partial charge is 0.260 e. The molecule has 0 unspecified atom stereocenters. The number of nitriles is 1. The van der Waals surface area contributed by atoms with Crippen molar-refractivity contribution in [3.8, 4) is 11.8 Å². The van der Waals surface area contributed by atoms with Crippen LogP contribution < -0.4 is 4.74 Å². The van der Waals surface area contributed by atoms with Crippen molar-refractivity contribution in [2.45, 2.75) is 12.5 Å². The predicted octanol–water partition coefficient (Wildman–Crippen LogP) is 0.599. The average molecular weight is 352 g/mol. The van der Waals surface area contributed by atoms with E-state index >= 15 is 0 Å². The van der Waals surface area contributed by atoms with E-state index in [0.29, 0.717) is 30.9 Å². The Labute approximate surface area is 141 Å². The maximum absolute atomic E-state index is 12.5. The number of methoxy groups -OCH3 is 1. The number of benzene rings is 1. The van der Waals surface area contributed by atoms with Gasteiger partial charge >= 0.3 is 0 Å². The van der Waals surface area contributed by atoms with E-state index in [1.807, 2.05) is 6.07 Å². The molecule has 0 aliphatic carbocycles. The zero-order chi connectivity index (χ0) is 17.6. The van der Waals surface area contributed by atoms with Gasteiger partial charge in [0.1, 0.15) is 5.75 Å². The second-order valence-corrected chi connectivity index (χ2v) is 7.79. The van der Waals surface area contributed by atoms with Crippen LogP contribution in [0.2, 0.25) is 0 Å². The molecule has 1 saturated heterocycles. The summed E-state index contributed by atoms with van der Waals surface area (Å²) in [6.07, 6.45) is 0.432. The second kappa shape index (κ2) is 8.13. The molecule has 1 aromatic carbocycles. The summed E-state index contributed by atoms with van der Waals surface area (Å²) in [5, 5.41) is 8.87. The van der Waals surface area contributed by atoms with Gasteiger partial charge in [-0.25, -0.2) is 8.42 Å². The number of carbonyl (C=O) groups excluding carboxylic acids is 1. The molecule has 0 aromatic heterocycles. The van der Waals surface area contributed by atoms with Crippen LogP contribution in [0.25, 0.3) is 0 Å². The molecule has 0 bridgehead atoms. The molecular formula is C16H20N2O5S. The lowest BCUT2D eigenvalue weighted by Crippen LogP contribution is -2.45. The van der Waals surface area contributed by atoms with Gasteiger partial charge in [0.15, 0.2) is 16.4 Å². The molecule has 2 rings (SSSR count). The highest BCUT2D eigenvalue weighted by Gasteiger charge is 2.34. The summed E-state index contributed by atoms with van der Waals surface area (Å²) >= 11 is 0. The number of rotatable bonds is 7. The maximum atomic E-state index is 12.5. The fraction of sp³-hybridized carbons (Fsp3) is 0.500. The Hall–Kier alpha value is -2.11. The van der Waals surface area contributed by atoms with Crippen LogP contribution in [0.4, 0.5) is 0 Å². The summed E-state index contributed by atoms with van der Waals surface area (Å²) in [5.74, 6) is 0.205. The van der Waals surface area contributed by atoms with E-state index in [2.05, 4.69) is 0 Å². The van der Waals surface area contributed by atoms with Crippen LogP contribution in [0.3, 0.4) is 0 Å². The third-order valence-corrected chi connectivity index (χ3v) is 5.58. The van der Waals surface area contributed by atoms with E-state index in [1.54, 1.807) is 24.3 Å². The summed E-state index contributed by atoms with van der Waals surface area (Å²) in [7, 11) is -1.56. The first-order valence-electron chi connectivity index (χ1n) is 7.57. The second-order valence-electron chi connectivity index (χ2n) is 5.57. The van der Waals surface area contributed by atoms with Crippen molar-refractivity contribution < 1.29 is 22.7 Å². The number of sulfone groups is 1. The summed E-state index contributed by atoms with van der Waals surface area (Å²) in [6.45, 7) is 0.429. The number of ether oxygens (including phenoxy) is 2. The lowest BCUT2D eigenvalue weighted by Gasteiger charge is -2.28. The molecule has 24 heavy (non-hydrogen) atoms. The number of nitrogens with zero attached hydrogens (tertiary/aromatic N) is 2. The molecular weight excluding hydrogens is 332 g/mol. The minimum absolute atomic E-state index is 0.0215. The predicted molar refractivity (Wildman–Crippen MR) is 87.3 cm³/mol. The molecule has 1 aromatic rings. The molecule has 130 valence electrons. The van der Waals surface area contributed by atoms with Crippen molar-refractivity contribution in [1.29, 1.82) is 5.26 Å². The van der Waals surface area contributed by atoms with Crippen LogP contribution in [0.15, 0.2) is 24.3 Å². The Morgan fingerprint density at radius 1 is 1.46 bits per heavy atom. The van der Waals surface area contributed by atoms with Crippen LogP contribution in [-0.2, 0) is 19.4 Å². The Morgan fingerprint density at radius 3 is 2.88 bits per heavy atom. The highest BCUT2D eigenvalue weighted by atomic mass is 32.2. The van der Waals surface area contributed by atoms with Gasteiger partial charge in [0.05, 0.1) is 29.7 Å². The van der Waals surface area contributed by atoms with E-state index in [-0.39, 0.29) is 30.1 Å². The molecule has 7 nitrogen and oxygen atoms in total. The van der Waals surface area contributed by atoms with Crippen LogP contribution in [0, 0.1) is 11.3 Å². The highest BCUT2D eigenvalue weighted by molar-refractivity contribution is 7.91. The fourth-order valence-electron chi connectivity index (χ4n) is 2.61. The lowest BCUT2D eigenvalue weighted by molar-refractivity contribution is -0.136. The van der Waals surface area contributed by atoms with Gasteiger partial charge in [0, 0.05) is 19.7 Å². The molecule has 0 saturated carbocycles. The number of hydrogen-bond donors (Lipinski definition) is 0. The van der Waals surface area contributed by atoms with Crippen LogP contribution in [0.1, 0.15) is 12.0 Å². The van der Waals surface area contributed by atoms with E-state index in [0.717, 1.165) is 0 Å². The summed E-state index contributed by atoms with van der Waals surface area (Å²) in [5.41, 5.74) is 0.443. The SMILES string of the molecule is COCCN(C(=O)COc1cccc(C#N)c1)[C@H]1CCS(=O)(=O)C1. The molecule has 0 N–H and O–H groups in total. The minimum Gasteiger partial charge on any atom is -0.484 e. The van der Waals surface area contributed by atoms with Crippen LogP contribution in [0.5, 0.6) is 5.75 Å². The zero-order valence-electron chi connectivity index (χ0n) is 13.5. The van der Waals surface area contributed by atoms with Gasteiger partial charge in [-0.15, -0.1) is 0 Å². The Kier molecular flexibility index (Phi) is 6.17. The van der Waals surface area contributed by atoms with Gasteiger partial charge in [0.2, 0.25) is 0 Å².